The van der Waals surface area contributed by atoms with E-state index in [4.69, 9.17) is 10.2 Å². The van der Waals surface area contributed by atoms with Crippen molar-refractivity contribution >= 4 is 5.97 Å². The van der Waals surface area contributed by atoms with Crippen LogP contribution in [-0.2, 0) is 11.2 Å². The smallest absolute Gasteiger partial charge is 0.303 e. The maximum Gasteiger partial charge on any atom is 0.303 e. The van der Waals surface area contributed by atoms with Crippen LogP contribution in [0.25, 0.3) is 0 Å². The lowest BCUT2D eigenvalue weighted by atomic mass is 9.92. The highest BCUT2D eigenvalue weighted by molar-refractivity contribution is 5.66. The van der Waals surface area contributed by atoms with E-state index < -0.39 is 11.6 Å². The summed E-state index contributed by atoms with van der Waals surface area (Å²) in [7, 11) is 0. The first-order chi connectivity index (χ1) is 7.89. The zero-order valence-corrected chi connectivity index (χ0v) is 9.89. The third kappa shape index (κ3) is 5.36. The number of phenols is 1. The first-order valence-electron chi connectivity index (χ1n) is 5.61. The van der Waals surface area contributed by atoms with E-state index in [2.05, 4.69) is 0 Å². The van der Waals surface area contributed by atoms with Gasteiger partial charge in [-0.15, -0.1) is 0 Å². The molecule has 1 unspecified atom stereocenters. The van der Waals surface area contributed by atoms with Gasteiger partial charge in [0.15, 0.2) is 0 Å². The number of phenolic OH excluding ortho intramolecular Hbond substituents is 1. The Kier molecular flexibility index (Phi) is 4.52. The fraction of sp³-hybridized carbons (Fsp3) is 0.462. The molecular formula is C13H18O4. The number of aliphatic hydroxyl groups is 1. The van der Waals surface area contributed by atoms with Gasteiger partial charge >= 0.3 is 5.97 Å². The van der Waals surface area contributed by atoms with Gasteiger partial charge in [0.2, 0.25) is 0 Å². The van der Waals surface area contributed by atoms with E-state index in [0.29, 0.717) is 12.8 Å². The number of hydrogen-bond donors (Lipinski definition) is 3. The average molecular weight is 238 g/mol. The molecule has 17 heavy (non-hydrogen) atoms. The van der Waals surface area contributed by atoms with Crippen LogP contribution in [0, 0.1) is 0 Å². The van der Waals surface area contributed by atoms with Gasteiger partial charge < -0.3 is 15.3 Å². The van der Waals surface area contributed by atoms with Crippen molar-refractivity contribution in [3.05, 3.63) is 29.8 Å². The molecule has 1 atom stereocenters. The largest absolute Gasteiger partial charge is 0.508 e. The number of benzene rings is 1. The summed E-state index contributed by atoms with van der Waals surface area (Å²) < 4.78 is 0. The maximum absolute atomic E-state index is 10.4. The molecule has 0 saturated carbocycles. The van der Waals surface area contributed by atoms with Crippen molar-refractivity contribution in [2.45, 2.75) is 38.2 Å². The van der Waals surface area contributed by atoms with Crippen LogP contribution in [0.4, 0.5) is 0 Å². The summed E-state index contributed by atoms with van der Waals surface area (Å²) in [6, 6.07) is 6.79. The number of carboxylic acids is 1. The summed E-state index contributed by atoms with van der Waals surface area (Å²) in [6.45, 7) is 1.65. The molecule has 4 heteroatoms. The van der Waals surface area contributed by atoms with Gasteiger partial charge in [0, 0.05) is 6.42 Å². The molecule has 4 nitrogen and oxygen atoms in total. The van der Waals surface area contributed by atoms with Gasteiger partial charge in [-0.25, -0.2) is 0 Å². The highest BCUT2D eigenvalue weighted by Gasteiger charge is 2.21. The molecule has 0 heterocycles. The lowest BCUT2D eigenvalue weighted by Crippen LogP contribution is -2.25. The van der Waals surface area contributed by atoms with Gasteiger partial charge in [-0.3, -0.25) is 4.79 Å². The molecular weight excluding hydrogens is 220 g/mol. The van der Waals surface area contributed by atoms with Gasteiger partial charge in [0.05, 0.1) is 5.60 Å². The van der Waals surface area contributed by atoms with Crippen molar-refractivity contribution in [2.75, 3.05) is 0 Å². The summed E-state index contributed by atoms with van der Waals surface area (Å²) in [4.78, 5) is 10.4. The Morgan fingerprint density at radius 3 is 2.35 bits per heavy atom. The van der Waals surface area contributed by atoms with Crippen LogP contribution >= 0.6 is 0 Å². The summed E-state index contributed by atoms with van der Waals surface area (Å²) in [5, 5.41) is 27.6. The third-order valence-corrected chi connectivity index (χ3v) is 2.77. The normalized spacial score (nSPS) is 14.2. The predicted molar refractivity (Wildman–Crippen MR) is 63.9 cm³/mol. The Hall–Kier alpha value is -1.55. The number of carboxylic acid groups (broad SMARTS) is 1. The Morgan fingerprint density at radius 2 is 1.82 bits per heavy atom. The fourth-order valence-electron chi connectivity index (χ4n) is 1.58. The number of aromatic hydroxyl groups is 1. The van der Waals surface area contributed by atoms with Crippen LogP contribution in [0.1, 0.15) is 31.7 Å². The van der Waals surface area contributed by atoms with Crippen LogP contribution in [-0.4, -0.2) is 26.9 Å². The molecule has 3 N–H and O–H groups in total. The highest BCUT2D eigenvalue weighted by atomic mass is 16.4. The monoisotopic (exact) mass is 238 g/mol. The molecule has 0 spiro atoms. The van der Waals surface area contributed by atoms with Crippen molar-refractivity contribution in [1.29, 1.82) is 0 Å². The summed E-state index contributed by atoms with van der Waals surface area (Å²) in [5.74, 6) is -0.679. The SMILES string of the molecule is CC(O)(CCC(=O)O)CCc1ccc(O)cc1. The molecule has 94 valence electrons. The summed E-state index contributed by atoms with van der Waals surface area (Å²) in [5.41, 5.74) is 0.0504. The molecule has 1 aromatic rings. The zero-order chi connectivity index (χ0) is 12.9. The van der Waals surface area contributed by atoms with Crippen molar-refractivity contribution < 1.29 is 20.1 Å². The number of aryl methyl sites for hydroxylation is 1. The quantitative estimate of drug-likeness (QED) is 0.707. The second kappa shape index (κ2) is 5.68. The van der Waals surface area contributed by atoms with Gasteiger partial charge in [-0.05, 0) is 43.9 Å². The maximum atomic E-state index is 10.4. The van der Waals surface area contributed by atoms with E-state index in [0.717, 1.165) is 5.56 Å². The van der Waals surface area contributed by atoms with Crippen molar-refractivity contribution in [1.82, 2.24) is 0 Å². The lowest BCUT2D eigenvalue weighted by Gasteiger charge is -2.22. The van der Waals surface area contributed by atoms with Crippen LogP contribution in [0.2, 0.25) is 0 Å². The summed E-state index contributed by atoms with van der Waals surface area (Å²) >= 11 is 0. The van der Waals surface area contributed by atoms with Crippen molar-refractivity contribution in [3.8, 4) is 5.75 Å². The molecule has 0 aliphatic carbocycles. The van der Waals surface area contributed by atoms with Gasteiger partial charge in [-0.2, -0.15) is 0 Å². The molecule has 0 amide bonds. The second-order valence-corrected chi connectivity index (χ2v) is 4.56. The Morgan fingerprint density at radius 1 is 1.24 bits per heavy atom. The molecule has 0 aliphatic rings. The Bertz CT molecular complexity index is 368. The minimum absolute atomic E-state index is 0.0252. The van der Waals surface area contributed by atoms with Crippen LogP contribution in [0.15, 0.2) is 24.3 Å². The number of carbonyl (C=O) groups is 1. The molecule has 0 aromatic heterocycles. The second-order valence-electron chi connectivity index (χ2n) is 4.56. The van der Waals surface area contributed by atoms with Gasteiger partial charge in [-0.1, -0.05) is 12.1 Å². The van der Waals surface area contributed by atoms with E-state index in [9.17, 15) is 9.90 Å². The molecule has 1 rings (SSSR count). The Labute approximate surface area is 101 Å². The third-order valence-electron chi connectivity index (χ3n) is 2.77. The first kappa shape index (κ1) is 13.5. The van der Waals surface area contributed by atoms with E-state index >= 15 is 0 Å². The molecule has 0 radical (unpaired) electrons. The minimum Gasteiger partial charge on any atom is -0.508 e. The van der Waals surface area contributed by atoms with E-state index in [1.54, 1.807) is 31.2 Å². The molecule has 0 aliphatic heterocycles. The molecule has 0 bridgehead atoms. The molecule has 0 saturated heterocycles. The predicted octanol–water partition coefficient (Wildman–Crippen LogP) is 1.94. The Balaban J connectivity index is 2.43. The van der Waals surface area contributed by atoms with Crippen molar-refractivity contribution in [3.63, 3.8) is 0 Å². The molecule has 1 aromatic carbocycles. The number of aliphatic carboxylic acids is 1. The minimum atomic E-state index is -0.962. The topological polar surface area (TPSA) is 77.8 Å². The number of rotatable bonds is 6. The highest BCUT2D eigenvalue weighted by Crippen LogP contribution is 2.20. The number of hydrogen-bond acceptors (Lipinski definition) is 3. The fourth-order valence-corrected chi connectivity index (χ4v) is 1.58. The van der Waals surface area contributed by atoms with E-state index in [1.165, 1.54) is 0 Å². The first-order valence-corrected chi connectivity index (χ1v) is 5.61. The van der Waals surface area contributed by atoms with Crippen LogP contribution in [0.3, 0.4) is 0 Å². The van der Waals surface area contributed by atoms with Crippen LogP contribution < -0.4 is 0 Å². The molecule has 0 fully saturated rings. The van der Waals surface area contributed by atoms with E-state index in [1.807, 2.05) is 0 Å². The standard InChI is InChI=1S/C13H18O4/c1-13(17,9-7-12(15)16)8-6-10-2-4-11(14)5-3-10/h2-5,14,17H,6-9H2,1H3,(H,15,16). The average Bonchev–Trinajstić information content (AvgIpc) is 2.26. The van der Waals surface area contributed by atoms with E-state index in [-0.39, 0.29) is 18.6 Å². The van der Waals surface area contributed by atoms with Crippen LogP contribution in [0.5, 0.6) is 5.75 Å². The lowest BCUT2D eigenvalue weighted by molar-refractivity contribution is -0.138. The van der Waals surface area contributed by atoms with Crippen molar-refractivity contribution in [2.24, 2.45) is 0 Å². The van der Waals surface area contributed by atoms with Gasteiger partial charge in [0.1, 0.15) is 5.75 Å². The summed E-state index contributed by atoms with van der Waals surface area (Å²) in [6.07, 6.45) is 1.39. The van der Waals surface area contributed by atoms with Gasteiger partial charge in [0.25, 0.3) is 0 Å². The zero-order valence-electron chi connectivity index (χ0n) is 9.89.